The summed E-state index contributed by atoms with van der Waals surface area (Å²) in [5.41, 5.74) is 1.03. The average Bonchev–Trinajstić information content (AvgIpc) is 3.18. The molecule has 0 aliphatic rings. The average molecular weight is 471 g/mol. The van der Waals surface area contributed by atoms with Gasteiger partial charge < -0.3 is 15.4 Å². The van der Waals surface area contributed by atoms with Crippen molar-refractivity contribution in [1.82, 2.24) is 4.98 Å². The number of aromatic hydroxyl groups is 1. The Hall–Kier alpha value is -3.92. The molecular weight excluding hydrogens is 452 g/mol. The predicted octanol–water partition coefficient (Wildman–Crippen LogP) is 4.77. The van der Waals surface area contributed by atoms with E-state index in [0.717, 1.165) is 29.1 Å². The van der Waals surface area contributed by atoms with Crippen LogP contribution < -0.4 is 10.0 Å². The summed E-state index contributed by atoms with van der Waals surface area (Å²) in [7, 11) is -4.29. The second-order valence-corrected chi connectivity index (χ2v) is 8.97. The maximum atomic E-state index is 13.4. The third-order valence-electron chi connectivity index (χ3n) is 4.99. The molecule has 4 aromatic rings. The first-order chi connectivity index (χ1) is 15.7. The topological polar surface area (TPSA) is 111 Å². The molecule has 7 nitrogen and oxygen atoms in total. The van der Waals surface area contributed by atoms with Gasteiger partial charge in [0.25, 0.3) is 15.9 Å². The lowest BCUT2D eigenvalue weighted by atomic mass is 10.1. The number of hydrogen-bond acceptors (Lipinski definition) is 4. The Morgan fingerprint density at radius 3 is 2.39 bits per heavy atom. The van der Waals surface area contributed by atoms with Gasteiger partial charge in [0.15, 0.2) is 0 Å². The predicted molar refractivity (Wildman–Crippen MR) is 121 cm³/mol. The van der Waals surface area contributed by atoms with Crippen molar-refractivity contribution in [2.45, 2.75) is 18.2 Å². The molecule has 170 valence electrons. The van der Waals surface area contributed by atoms with E-state index in [1.54, 1.807) is 13.0 Å². The Kier molecular flexibility index (Phi) is 5.77. The van der Waals surface area contributed by atoms with Gasteiger partial charge in [-0.25, -0.2) is 17.2 Å². The minimum Gasteiger partial charge on any atom is -0.506 e. The molecule has 0 saturated heterocycles. The van der Waals surface area contributed by atoms with Crippen LogP contribution >= 0.6 is 0 Å². The fourth-order valence-electron chi connectivity index (χ4n) is 3.45. The number of carbonyl (C=O) groups excluding carboxylic acids is 1. The number of aromatic amines is 1. The molecule has 0 radical (unpaired) electrons. The van der Waals surface area contributed by atoms with Crippen molar-refractivity contribution in [3.8, 4) is 5.75 Å². The number of sulfonamides is 1. The van der Waals surface area contributed by atoms with Gasteiger partial charge in [0.05, 0.1) is 16.3 Å². The quantitative estimate of drug-likeness (QED) is 0.304. The van der Waals surface area contributed by atoms with Crippen molar-refractivity contribution in [3.05, 3.63) is 83.6 Å². The Bertz CT molecular complexity index is 1430. The number of carbonyl (C=O) groups is 1. The van der Waals surface area contributed by atoms with E-state index in [2.05, 4.69) is 15.0 Å². The molecule has 1 heterocycles. The number of anilines is 2. The number of fused-ring (bicyclic) bond motifs is 1. The highest BCUT2D eigenvalue weighted by atomic mass is 32.2. The smallest absolute Gasteiger partial charge is 0.272 e. The number of benzene rings is 3. The van der Waals surface area contributed by atoms with Crippen LogP contribution in [0.25, 0.3) is 10.9 Å². The molecule has 0 aliphatic heterocycles. The number of rotatable bonds is 6. The lowest BCUT2D eigenvalue weighted by molar-refractivity contribution is 0.102. The molecule has 0 bridgehead atoms. The number of phenols is 1. The lowest BCUT2D eigenvalue weighted by Gasteiger charge is -2.15. The van der Waals surface area contributed by atoms with E-state index in [9.17, 15) is 27.1 Å². The summed E-state index contributed by atoms with van der Waals surface area (Å²) in [5, 5.41) is 13.8. The molecule has 10 heteroatoms. The first kappa shape index (κ1) is 22.3. The minimum atomic E-state index is -4.29. The van der Waals surface area contributed by atoms with E-state index in [1.165, 1.54) is 6.07 Å². The number of nitrogens with one attached hydrogen (secondary N) is 3. The summed E-state index contributed by atoms with van der Waals surface area (Å²) in [4.78, 5) is 15.4. The molecule has 0 unspecified atom stereocenters. The molecule has 0 atom stereocenters. The SMILES string of the molecule is CCc1cc(NC(=O)c2cc3ccccc3[nH]2)c(O)cc1S(=O)(=O)Nc1cc(F)cc(F)c1. The van der Waals surface area contributed by atoms with Crippen molar-refractivity contribution < 1.29 is 27.1 Å². The Labute approximate surface area is 188 Å². The highest BCUT2D eigenvalue weighted by Crippen LogP contribution is 2.32. The fourth-order valence-corrected chi connectivity index (χ4v) is 4.80. The molecular formula is C23H19F2N3O4S. The van der Waals surface area contributed by atoms with E-state index < -0.39 is 33.3 Å². The van der Waals surface area contributed by atoms with Crippen LogP contribution in [0.3, 0.4) is 0 Å². The Balaban J connectivity index is 1.64. The van der Waals surface area contributed by atoms with Gasteiger partial charge in [-0.15, -0.1) is 0 Å². The van der Waals surface area contributed by atoms with Gasteiger partial charge in [0, 0.05) is 23.0 Å². The van der Waals surface area contributed by atoms with Gasteiger partial charge in [-0.1, -0.05) is 25.1 Å². The Morgan fingerprint density at radius 1 is 1.03 bits per heavy atom. The summed E-state index contributed by atoms with van der Waals surface area (Å²) in [6, 6.07) is 13.6. The standard InChI is InChI=1S/C23H19F2N3O4S/c1-2-13-7-19(27-23(30)20-8-14-5-3-4-6-18(14)26-20)21(29)12-22(13)33(31,32)28-17-10-15(24)9-16(25)11-17/h3-12,26,28-29H,2H2,1H3,(H,27,30). The van der Waals surface area contributed by atoms with Crippen LogP contribution in [-0.4, -0.2) is 24.4 Å². The second kappa shape index (κ2) is 8.55. The monoisotopic (exact) mass is 471 g/mol. The number of amides is 1. The highest BCUT2D eigenvalue weighted by Gasteiger charge is 2.22. The molecule has 4 rings (SSSR count). The van der Waals surface area contributed by atoms with Gasteiger partial charge >= 0.3 is 0 Å². The van der Waals surface area contributed by atoms with E-state index in [4.69, 9.17) is 0 Å². The lowest BCUT2D eigenvalue weighted by Crippen LogP contribution is -2.17. The summed E-state index contributed by atoms with van der Waals surface area (Å²) in [6.45, 7) is 1.69. The second-order valence-electron chi connectivity index (χ2n) is 7.32. The maximum absolute atomic E-state index is 13.4. The normalized spacial score (nSPS) is 11.5. The number of aromatic nitrogens is 1. The van der Waals surface area contributed by atoms with Gasteiger partial charge in [-0.05, 0) is 42.3 Å². The van der Waals surface area contributed by atoms with Crippen molar-refractivity contribution in [2.24, 2.45) is 0 Å². The summed E-state index contributed by atoms with van der Waals surface area (Å²) < 4.78 is 54.7. The number of hydrogen-bond donors (Lipinski definition) is 4. The number of halogens is 2. The van der Waals surface area contributed by atoms with E-state index in [0.29, 0.717) is 6.07 Å². The van der Waals surface area contributed by atoms with Crippen LogP contribution in [0.1, 0.15) is 23.0 Å². The first-order valence-electron chi connectivity index (χ1n) is 9.90. The van der Waals surface area contributed by atoms with Crippen molar-refractivity contribution in [3.63, 3.8) is 0 Å². The number of phenolic OH excluding ortho intramolecular Hbond substituents is 1. The molecule has 3 aromatic carbocycles. The third kappa shape index (κ3) is 4.65. The molecule has 4 N–H and O–H groups in total. The Morgan fingerprint density at radius 2 is 1.73 bits per heavy atom. The zero-order valence-electron chi connectivity index (χ0n) is 17.3. The first-order valence-corrected chi connectivity index (χ1v) is 11.4. The summed E-state index contributed by atoms with van der Waals surface area (Å²) in [5.74, 6) is -2.89. The maximum Gasteiger partial charge on any atom is 0.272 e. The van der Waals surface area contributed by atoms with Gasteiger partial charge in [-0.3, -0.25) is 9.52 Å². The van der Waals surface area contributed by atoms with Crippen molar-refractivity contribution in [1.29, 1.82) is 0 Å². The van der Waals surface area contributed by atoms with Crippen LogP contribution in [-0.2, 0) is 16.4 Å². The van der Waals surface area contributed by atoms with Crippen molar-refractivity contribution >= 4 is 38.2 Å². The summed E-state index contributed by atoms with van der Waals surface area (Å²) in [6.07, 6.45) is 0.239. The van der Waals surface area contributed by atoms with Gasteiger partial charge in [0.2, 0.25) is 0 Å². The van der Waals surface area contributed by atoms with Crippen LogP contribution in [0.15, 0.2) is 65.6 Å². The fraction of sp³-hybridized carbons (Fsp3) is 0.0870. The van der Waals surface area contributed by atoms with Crippen LogP contribution in [0.4, 0.5) is 20.2 Å². The van der Waals surface area contributed by atoms with Crippen LogP contribution in [0.2, 0.25) is 0 Å². The molecule has 0 saturated carbocycles. The number of H-pyrrole nitrogens is 1. The summed E-state index contributed by atoms with van der Waals surface area (Å²) >= 11 is 0. The highest BCUT2D eigenvalue weighted by molar-refractivity contribution is 7.92. The van der Waals surface area contributed by atoms with E-state index in [1.807, 2.05) is 24.3 Å². The van der Waals surface area contributed by atoms with Crippen molar-refractivity contribution in [2.75, 3.05) is 10.0 Å². The molecule has 0 aliphatic carbocycles. The van der Waals surface area contributed by atoms with E-state index in [-0.39, 0.29) is 33.9 Å². The molecule has 0 fully saturated rings. The zero-order valence-corrected chi connectivity index (χ0v) is 18.1. The largest absolute Gasteiger partial charge is 0.506 e. The molecule has 1 aromatic heterocycles. The number of aryl methyl sites for hydroxylation is 1. The zero-order chi connectivity index (χ0) is 23.8. The van der Waals surface area contributed by atoms with Gasteiger partial charge in [0.1, 0.15) is 23.1 Å². The van der Waals surface area contributed by atoms with E-state index >= 15 is 0 Å². The van der Waals surface area contributed by atoms with Crippen LogP contribution in [0, 0.1) is 11.6 Å². The number of para-hydroxylation sites is 1. The third-order valence-corrected chi connectivity index (χ3v) is 6.45. The minimum absolute atomic E-state index is 0.0197. The molecule has 1 amide bonds. The molecule has 0 spiro atoms. The van der Waals surface area contributed by atoms with Gasteiger partial charge in [-0.2, -0.15) is 0 Å². The molecule has 33 heavy (non-hydrogen) atoms. The van der Waals surface area contributed by atoms with Crippen LogP contribution in [0.5, 0.6) is 5.75 Å².